The molecule has 0 saturated carbocycles. The number of hydrogen-bond donors (Lipinski definition) is 2. The molecule has 1 aliphatic rings. The van der Waals surface area contributed by atoms with Gasteiger partial charge >= 0.3 is 5.97 Å². The molecule has 25 heavy (non-hydrogen) atoms. The van der Waals surface area contributed by atoms with Gasteiger partial charge in [0.1, 0.15) is 6.04 Å². The van der Waals surface area contributed by atoms with Gasteiger partial charge in [0, 0.05) is 18.7 Å². The number of benzene rings is 1. The van der Waals surface area contributed by atoms with Crippen LogP contribution in [-0.4, -0.2) is 40.4 Å². The van der Waals surface area contributed by atoms with Crippen molar-refractivity contribution < 1.29 is 19.5 Å². The van der Waals surface area contributed by atoms with Gasteiger partial charge in [-0.05, 0) is 36.5 Å². The fraction of sp³-hybridized carbons (Fsp3) is 0.500. The van der Waals surface area contributed by atoms with Gasteiger partial charge in [0.2, 0.25) is 5.91 Å². The maximum Gasteiger partial charge on any atom is 0.326 e. The van der Waals surface area contributed by atoms with Crippen LogP contribution in [0.15, 0.2) is 18.2 Å². The van der Waals surface area contributed by atoms with Gasteiger partial charge in [0.05, 0.1) is 10.6 Å². The highest BCUT2D eigenvalue weighted by Gasteiger charge is 2.35. The summed E-state index contributed by atoms with van der Waals surface area (Å²) in [7, 11) is 0. The second kappa shape index (κ2) is 7.44. The van der Waals surface area contributed by atoms with Crippen LogP contribution in [0.2, 0.25) is 5.02 Å². The summed E-state index contributed by atoms with van der Waals surface area (Å²) < 4.78 is 0. The number of aliphatic carboxylic acids is 1. The van der Waals surface area contributed by atoms with Crippen LogP contribution >= 0.6 is 11.6 Å². The predicted octanol–water partition coefficient (Wildman–Crippen LogP) is 3.40. The smallest absolute Gasteiger partial charge is 0.326 e. The number of carbonyl (C=O) groups is 3. The van der Waals surface area contributed by atoms with Crippen LogP contribution in [0.3, 0.4) is 0 Å². The summed E-state index contributed by atoms with van der Waals surface area (Å²) in [6.07, 6.45) is 1.41. The first kappa shape index (κ1) is 19.2. The molecule has 0 spiro atoms. The van der Waals surface area contributed by atoms with Crippen LogP contribution in [0.5, 0.6) is 0 Å². The number of nitrogens with one attached hydrogen (secondary N) is 1. The highest BCUT2D eigenvalue weighted by Crippen LogP contribution is 2.27. The van der Waals surface area contributed by atoms with E-state index < -0.39 is 17.9 Å². The molecule has 1 saturated heterocycles. The van der Waals surface area contributed by atoms with Crippen LogP contribution in [0.4, 0.5) is 5.69 Å². The first-order valence-corrected chi connectivity index (χ1v) is 8.59. The van der Waals surface area contributed by atoms with Crippen molar-refractivity contribution in [1.82, 2.24) is 4.90 Å². The predicted molar refractivity (Wildman–Crippen MR) is 95.8 cm³/mol. The Morgan fingerprint density at radius 3 is 2.60 bits per heavy atom. The third-order valence-electron chi connectivity index (χ3n) is 3.97. The number of amides is 2. The normalized spacial score (nSPS) is 17.4. The number of rotatable bonds is 4. The van der Waals surface area contributed by atoms with Crippen molar-refractivity contribution in [3.63, 3.8) is 0 Å². The number of nitrogens with zero attached hydrogens (tertiary/aromatic N) is 1. The van der Waals surface area contributed by atoms with Gasteiger partial charge in [-0.15, -0.1) is 0 Å². The van der Waals surface area contributed by atoms with Gasteiger partial charge in [-0.2, -0.15) is 0 Å². The summed E-state index contributed by atoms with van der Waals surface area (Å²) in [5, 5.41) is 12.2. The zero-order valence-corrected chi connectivity index (χ0v) is 15.4. The van der Waals surface area contributed by atoms with Crippen LogP contribution in [0, 0.1) is 5.41 Å². The number of carboxylic acids is 1. The molecule has 136 valence electrons. The molecule has 1 atom stereocenters. The minimum Gasteiger partial charge on any atom is -0.480 e. The molecule has 1 aromatic rings. The first-order chi connectivity index (χ1) is 11.6. The molecule has 2 amide bonds. The Labute approximate surface area is 152 Å². The molecule has 1 aliphatic heterocycles. The highest BCUT2D eigenvalue weighted by molar-refractivity contribution is 6.34. The van der Waals surface area contributed by atoms with Crippen molar-refractivity contribution in [3.05, 3.63) is 28.8 Å². The van der Waals surface area contributed by atoms with E-state index in [0.29, 0.717) is 31.5 Å². The molecule has 0 aromatic heterocycles. The largest absolute Gasteiger partial charge is 0.480 e. The second-order valence-corrected chi connectivity index (χ2v) is 7.88. The van der Waals surface area contributed by atoms with Crippen molar-refractivity contribution >= 4 is 35.1 Å². The lowest BCUT2D eigenvalue weighted by Crippen LogP contribution is -2.40. The first-order valence-electron chi connectivity index (χ1n) is 8.22. The van der Waals surface area contributed by atoms with E-state index in [0.717, 1.165) is 0 Å². The quantitative estimate of drug-likeness (QED) is 0.854. The zero-order chi connectivity index (χ0) is 18.8. The third kappa shape index (κ3) is 4.95. The summed E-state index contributed by atoms with van der Waals surface area (Å²) in [6.45, 7) is 6.27. The van der Waals surface area contributed by atoms with E-state index in [1.165, 1.54) is 17.0 Å². The number of halogens is 1. The van der Waals surface area contributed by atoms with Crippen molar-refractivity contribution in [1.29, 1.82) is 0 Å². The fourth-order valence-electron chi connectivity index (χ4n) is 2.88. The molecular formula is C18H23ClN2O4. The van der Waals surface area contributed by atoms with Crippen molar-refractivity contribution in [2.24, 2.45) is 5.41 Å². The molecular weight excluding hydrogens is 344 g/mol. The summed E-state index contributed by atoms with van der Waals surface area (Å²) in [5.41, 5.74) is 0.510. The summed E-state index contributed by atoms with van der Waals surface area (Å²) >= 11 is 6.13. The standard InChI is InChI=1S/C18H23ClN2O4/c1-18(2,3)10-15(22)20-11-6-7-13(19)12(9-11)16(23)21-8-4-5-14(21)17(24)25/h6-7,9,14H,4-5,8,10H2,1-3H3,(H,20,22)(H,24,25)/t14-/m1/s1. The van der Waals surface area contributed by atoms with Crippen LogP contribution in [-0.2, 0) is 9.59 Å². The molecule has 7 heteroatoms. The number of hydrogen-bond acceptors (Lipinski definition) is 3. The molecule has 2 rings (SSSR count). The van der Waals surface area contributed by atoms with Gasteiger partial charge in [0.15, 0.2) is 0 Å². The third-order valence-corrected chi connectivity index (χ3v) is 4.30. The Morgan fingerprint density at radius 1 is 1.32 bits per heavy atom. The van der Waals surface area contributed by atoms with E-state index >= 15 is 0 Å². The Balaban J connectivity index is 2.20. The van der Waals surface area contributed by atoms with E-state index in [2.05, 4.69) is 5.32 Å². The molecule has 6 nitrogen and oxygen atoms in total. The maximum atomic E-state index is 12.7. The fourth-order valence-corrected chi connectivity index (χ4v) is 3.07. The van der Waals surface area contributed by atoms with Gasteiger partial charge in [0.25, 0.3) is 5.91 Å². The van der Waals surface area contributed by atoms with Crippen LogP contribution < -0.4 is 5.32 Å². The zero-order valence-electron chi connectivity index (χ0n) is 14.6. The summed E-state index contributed by atoms with van der Waals surface area (Å²) in [5.74, 6) is -1.60. The van der Waals surface area contributed by atoms with E-state index in [1.807, 2.05) is 20.8 Å². The van der Waals surface area contributed by atoms with Crippen molar-refractivity contribution in [2.45, 2.75) is 46.1 Å². The molecule has 1 aromatic carbocycles. The van der Waals surface area contributed by atoms with Gasteiger partial charge in [-0.1, -0.05) is 32.4 Å². The molecule has 2 N–H and O–H groups in total. The second-order valence-electron chi connectivity index (χ2n) is 7.48. The Hall–Kier alpha value is -2.08. The van der Waals surface area contributed by atoms with Gasteiger partial charge in [-0.3, -0.25) is 9.59 Å². The molecule has 0 bridgehead atoms. The lowest BCUT2D eigenvalue weighted by molar-refractivity contribution is -0.141. The molecule has 1 fully saturated rings. The topological polar surface area (TPSA) is 86.7 Å². The Morgan fingerprint density at radius 2 is 2.00 bits per heavy atom. The number of anilines is 1. The Kier molecular flexibility index (Phi) is 5.72. The summed E-state index contributed by atoms with van der Waals surface area (Å²) in [4.78, 5) is 37.4. The molecule has 0 unspecified atom stereocenters. The number of likely N-dealkylation sites (tertiary alicyclic amines) is 1. The highest BCUT2D eigenvalue weighted by atomic mass is 35.5. The lowest BCUT2D eigenvalue weighted by Gasteiger charge is -2.22. The minimum absolute atomic E-state index is 0.153. The van der Waals surface area contributed by atoms with E-state index in [-0.39, 0.29) is 21.9 Å². The van der Waals surface area contributed by atoms with Crippen LogP contribution in [0.25, 0.3) is 0 Å². The molecule has 1 heterocycles. The van der Waals surface area contributed by atoms with Crippen molar-refractivity contribution in [2.75, 3.05) is 11.9 Å². The molecule has 0 aliphatic carbocycles. The monoisotopic (exact) mass is 366 g/mol. The Bertz CT molecular complexity index is 697. The number of carbonyl (C=O) groups excluding carboxylic acids is 2. The SMILES string of the molecule is CC(C)(C)CC(=O)Nc1ccc(Cl)c(C(=O)N2CCC[C@@H]2C(=O)O)c1. The maximum absolute atomic E-state index is 12.7. The van der Waals surface area contributed by atoms with Gasteiger partial charge < -0.3 is 15.3 Å². The number of carboxylic acid groups (broad SMARTS) is 1. The average molecular weight is 367 g/mol. The minimum atomic E-state index is -1.02. The van der Waals surface area contributed by atoms with E-state index in [9.17, 15) is 19.5 Å². The van der Waals surface area contributed by atoms with E-state index in [4.69, 9.17) is 11.6 Å². The van der Waals surface area contributed by atoms with E-state index in [1.54, 1.807) is 6.07 Å². The van der Waals surface area contributed by atoms with Crippen molar-refractivity contribution in [3.8, 4) is 0 Å². The molecule has 0 radical (unpaired) electrons. The van der Waals surface area contributed by atoms with Crippen LogP contribution in [0.1, 0.15) is 50.4 Å². The van der Waals surface area contributed by atoms with Gasteiger partial charge in [-0.25, -0.2) is 4.79 Å². The summed E-state index contributed by atoms with van der Waals surface area (Å²) in [6, 6.07) is 3.83. The average Bonchev–Trinajstić information content (AvgIpc) is 2.96. The lowest BCUT2D eigenvalue weighted by atomic mass is 9.92.